The Bertz CT molecular complexity index is 581. The molecular weight excluding hydrogens is 445 g/mol. The number of aromatic nitrogens is 1. The van der Waals surface area contributed by atoms with E-state index in [-0.39, 0.29) is 49.1 Å². The molecular formula is C16H26BrCl2N5O2. The van der Waals surface area contributed by atoms with Crippen molar-refractivity contribution in [3.63, 3.8) is 0 Å². The Hall–Kier alpha value is -1.09. The molecule has 1 atom stereocenters. The summed E-state index contributed by atoms with van der Waals surface area (Å²) in [6.07, 6.45) is 1.76. The van der Waals surface area contributed by atoms with E-state index < -0.39 is 6.04 Å². The van der Waals surface area contributed by atoms with Crippen molar-refractivity contribution in [3.05, 3.63) is 22.8 Å². The van der Waals surface area contributed by atoms with Crippen LogP contribution >= 0.6 is 40.7 Å². The van der Waals surface area contributed by atoms with Gasteiger partial charge in [0, 0.05) is 36.8 Å². The summed E-state index contributed by atoms with van der Waals surface area (Å²) in [4.78, 5) is 32.3. The molecule has 148 valence electrons. The predicted octanol–water partition coefficient (Wildman–Crippen LogP) is 1.44. The van der Waals surface area contributed by atoms with E-state index in [2.05, 4.69) is 31.1 Å². The van der Waals surface area contributed by atoms with Crippen molar-refractivity contribution < 1.29 is 9.59 Å². The second kappa shape index (κ2) is 11.6. The van der Waals surface area contributed by atoms with Gasteiger partial charge in [-0.3, -0.25) is 9.59 Å². The molecule has 2 heterocycles. The van der Waals surface area contributed by atoms with Crippen LogP contribution in [0.15, 0.2) is 22.8 Å². The van der Waals surface area contributed by atoms with E-state index in [1.807, 2.05) is 26.0 Å². The molecule has 1 aromatic rings. The zero-order chi connectivity index (χ0) is 17.7. The second-order valence-corrected chi connectivity index (χ2v) is 7.11. The number of rotatable bonds is 5. The second-order valence-electron chi connectivity index (χ2n) is 6.19. The van der Waals surface area contributed by atoms with Crippen LogP contribution in [0.3, 0.4) is 0 Å². The molecule has 7 nitrogen and oxygen atoms in total. The van der Waals surface area contributed by atoms with Crippen LogP contribution < -0.4 is 16.0 Å². The molecule has 2 amide bonds. The maximum Gasteiger partial charge on any atom is 0.242 e. The lowest BCUT2D eigenvalue weighted by atomic mass is 10.1. The van der Waals surface area contributed by atoms with Crippen LogP contribution in [0.4, 0.5) is 5.82 Å². The summed E-state index contributed by atoms with van der Waals surface area (Å²) in [5, 5.41) is 2.62. The van der Waals surface area contributed by atoms with Crippen LogP contribution in [-0.2, 0) is 9.59 Å². The summed E-state index contributed by atoms with van der Waals surface area (Å²) in [5.74, 6) is 0.585. The van der Waals surface area contributed by atoms with Crippen LogP contribution in [0.25, 0.3) is 0 Å². The molecule has 0 saturated carbocycles. The van der Waals surface area contributed by atoms with Crippen molar-refractivity contribution in [2.24, 2.45) is 11.7 Å². The highest BCUT2D eigenvalue weighted by molar-refractivity contribution is 9.10. The van der Waals surface area contributed by atoms with Crippen molar-refractivity contribution in [2.75, 3.05) is 37.6 Å². The fourth-order valence-corrected chi connectivity index (χ4v) is 2.67. The van der Waals surface area contributed by atoms with E-state index in [1.54, 1.807) is 11.1 Å². The summed E-state index contributed by atoms with van der Waals surface area (Å²) in [6.45, 7) is 6.42. The number of nitrogens with one attached hydrogen (secondary N) is 1. The minimum Gasteiger partial charge on any atom is -0.353 e. The van der Waals surface area contributed by atoms with Crippen LogP contribution in [0, 0.1) is 5.92 Å². The first-order valence-electron chi connectivity index (χ1n) is 8.06. The summed E-state index contributed by atoms with van der Waals surface area (Å²) in [7, 11) is 0. The zero-order valence-electron chi connectivity index (χ0n) is 14.9. The monoisotopic (exact) mass is 469 g/mol. The average Bonchev–Trinajstić information content (AvgIpc) is 2.59. The third-order valence-electron chi connectivity index (χ3n) is 4.10. The number of amides is 2. The van der Waals surface area contributed by atoms with E-state index in [1.165, 1.54) is 0 Å². The van der Waals surface area contributed by atoms with Gasteiger partial charge >= 0.3 is 0 Å². The molecule has 1 fully saturated rings. The van der Waals surface area contributed by atoms with Crippen LogP contribution in [-0.4, -0.2) is 60.5 Å². The smallest absolute Gasteiger partial charge is 0.242 e. The molecule has 0 unspecified atom stereocenters. The van der Waals surface area contributed by atoms with Crippen LogP contribution in [0.2, 0.25) is 0 Å². The van der Waals surface area contributed by atoms with E-state index in [4.69, 9.17) is 5.73 Å². The van der Waals surface area contributed by atoms with E-state index >= 15 is 0 Å². The zero-order valence-corrected chi connectivity index (χ0v) is 18.1. The number of hydrogen-bond donors (Lipinski definition) is 2. The van der Waals surface area contributed by atoms with E-state index in [9.17, 15) is 9.59 Å². The minimum atomic E-state index is -0.585. The summed E-state index contributed by atoms with van der Waals surface area (Å²) in [6, 6.07) is 3.32. The van der Waals surface area contributed by atoms with Gasteiger partial charge in [0.25, 0.3) is 0 Å². The average molecular weight is 471 g/mol. The third kappa shape index (κ3) is 6.90. The SMILES string of the molecule is CC(C)[C@H](N)C(=O)NCC(=O)N1CCN(c2ccc(Br)cn2)CC1.Cl.Cl. The Balaban J connectivity index is 0.00000312. The first-order valence-corrected chi connectivity index (χ1v) is 8.85. The largest absolute Gasteiger partial charge is 0.353 e. The Labute approximate surface area is 175 Å². The van der Waals surface area contributed by atoms with Gasteiger partial charge in [-0.1, -0.05) is 13.8 Å². The highest BCUT2D eigenvalue weighted by Crippen LogP contribution is 2.16. The van der Waals surface area contributed by atoms with E-state index in [0.29, 0.717) is 13.1 Å². The first-order chi connectivity index (χ1) is 11.4. The molecule has 0 bridgehead atoms. The first kappa shape index (κ1) is 24.9. The topological polar surface area (TPSA) is 91.6 Å². The molecule has 0 aliphatic carbocycles. The number of nitrogens with two attached hydrogens (primary N) is 1. The number of nitrogens with zero attached hydrogens (tertiary/aromatic N) is 3. The molecule has 1 aliphatic rings. The summed E-state index contributed by atoms with van der Waals surface area (Å²) in [5.41, 5.74) is 5.76. The minimum absolute atomic E-state index is 0. The third-order valence-corrected chi connectivity index (χ3v) is 4.57. The van der Waals surface area contributed by atoms with Gasteiger partial charge in [0.1, 0.15) is 5.82 Å². The molecule has 1 aromatic heterocycles. The lowest BCUT2D eigenvalue weighted by Gasteiger charge is -2.35. The number of anilines is 1. The van der Waals surface area contributed by atoms with Gasteiger partial charge in [-0.25, -0.2) is 4.98 Å². The number of carbonyl (C=O) groups is 2. The number of carbonyl (C=O) groups excluding carboxylic acids is 2. The summed E-state index contributed by atoms with van der Waals surface area (Å²) >= 11 is 3.37. The fourth-order valence-electron chi connectivity index (χ4n) is 2.44. The molecule has 10 heteroatoms. The lowest BCUT2D eigenvalue weighted by molar-refractivity contribution is -0.133. The summed E-state index contributed by atoms with van der Waals surface area (Å²) < 4.78 is 0.940. The van der Waals surface area contributed by atoms with Crippen molar-refractivity contribution in [3.8, 4) is 0 Å². The standard InChI is InChI=1S/C16H24BrN5O2.2ClH/c1-11(2)15(18)16(24)20-10-14(23)22-7-5-21(6-8-22)13-4-3-12(17)9-19-13;;/h3-4,9,11,15H,5-8,10,18H2,1-2H3,(H,20,24);2*1H/t15-;;/m0../s1. The Kier molecular flexibility index (Phi) is 11.1. The van der Waals surface area contributed by atoms with Crippen LogP contribution in [0.5, 0.6) is 0 Å². The predicted molar refractivity (Wildman–Crippen MR) is 111 cm³/mol. The molecule has 1 saturated heterocycles. The molecule has 2 rings (SSSR count). The number of halogens is 3. The van der Waals surface area contributed by atoms with Crippen molar-refractivity contribution in [1.82, 2.24) is 15.2 Å². The Morgan fingerprint density at radius 2 is 1.85 bits per heavy atom. The number of hydrogen-bond acceptors (Lipinski definition) is 5. The van der Waals surface area contributed by atoms with Crippen molar-refractivity contribution in [1.29, 1.82) is 0 Å². The van der Waals surface area contributed by atoms with Gasteiger partial charge in [-0.2, -0.15) is 0 Å². The quantitative estimate of drug-likeness (QED) is 0.679. The maximum atomic E-state index is 12.2. The molecule has 1 aliphatic heterocycles. The van der Waals surface area contributed by atoms with Gasteiger partial charge in [0.15, 0.2) is 0 Å². The van der Waals surface area contributed by atoms with Gasteiger partial charge in [0.05, 0.1) is 12.6 Å². The molecule has 0 spiro atoms. The van der Waals surface area contributed by atoms with Crippen LogP contribution in [0.1, 0.15) is 13.8 Å². The van der Waals surface area contributed by atoms with Crippen molar-refractivity contribution in [2.45, 2.75) is 19.9 Å². The highest BCUT2D eigenvalue weighted by Gasteiger charge is 2.23. The Morgan fingerprint density at radius 3 is 2.35 bits per heavy atom. The van der Waals surface area contributed by atoms with E-state index in [0.717, 1.165) is 23.4 Å². The van der Waals surface area contributed by atoms with Gasteiger partial charge in [0.2, 0.25) is 11.8 Å². The number of piperazine rings is 1. The lowest BCUT2D eigenvalue weighted by Crippen LogP contribution is -2.53. The molecule has 0 aromatic carbocycles. The normalized spacial score (nSPS) is 15.0. The van der Waals surface area contributed by atoms with Gasteiger partial charge < -0.3 is 20.9 Å². The highest BCUT2D eigenvalue weighted by atomic mass is 79.9. The molecule has 3 N–H and O–H groups in total. The molecule has 0 radical (unpaired) electrons. The van der Waals surface area contributed by atoms with Gasteiger partial charge in [-0.15, -0.1) is 24.8 Å². The fraction of sp³-hybridized carbons (Fsp3) is 0.562. The molecule has 26 heavy (non-hydrogen) atoms. The van der Waals surface area contributed by atoms with Crippen molar-refractivity contribution >= 4 is 58.4 Å². The number of pyridine rings is 1. The van der Waals surface area contributed by atoms with Gasteiger partial charge in [-0.05, 0) is 34.0 Å². The Morgan fingerprint density at radius 1 is 1.23 bits per heavy atom. The maximum absolute atomic E-state index is 12.2.